The number of carbonyl (C=O) groups is 2. The molecule has 2 atom stereocenters. The monoisotopic (exact) mass is 230 g/mol. The summed E-state index contributed by atoms with van der Waals surface area (Å²) in [4.78, 5) is 22.3. The third kappa shape index (κ3) is 5.70. The van der Waals surface area contributed by atoms with Gasteiger partial charge in [-0.25, -0.2) is 4.79 Å². The van der Waals surface area contributed by atoms with E-state index >= 15 is 0 Å². The number of amides is 1. The predicted octanol–water partition coefficient (Wildman–Crippen LogP) is 0.587. The standard InChI is InChI=1S/C11H22N2O3/c1-7(2)10(11(15)16)13-9(14)5-4-8(3)6-12/h7-8,10H,4-6,12H2,1-3H3,(H,13,14)(H,15,16)/t8?,10-/m1/s1. The second kappa shape index (κ2) is 7.22. The Balaban J connectivity index is 4.06. The third-order valence-corrected chi connectivity index (χ3v) is 2.52. The number of aliphatic carboxylic acids is 1. The topological polar surface area (TPSA) is 92.4 Å². The summed E-state index contributed by atoms with van der Waals surface area (Å²) in [6.45, 7) is 6.04. The highest BCUT2D eigenvalue weighted by Gasteiger charge is 2.23. The minimum Gasteiger partial charge on any atom is -0.480 e. The van der Waals surface area contributed by atoms with E-state index < -0.39 is 12.0 Å². The van der Waals surface area contributed by atoms with Gasteiger partial charge in [0.05, 0.1) is 0 Å². The van der Waals surface area contributed by atoms with Crippen LogP contribution in [-0.2, 0) is 9.59 Å². The molecule has 1 amide bonds. The van der Waals surface area contributed by atoms with Gasteiger partial charge in [-0.3, -0.25) is 4.79 Å². The fourth-order valence-electron chi connectivity index (χ4n) is 1.25. The van der Waals surface area contributed by atoms with Crippen molar-refractivity contribution < 1.29 is 14.7 Å². The minimum absolute atomic E-state index is 0.117. The minimum atomic E-state index is -0.991. The van der Waals surface area contributed by atoms with Crippen LogP contribution in [0.15, 0.2) is 0 Å². The maximum Gasteiger partial charge on any atom is 0.326 e. The molecular formula is C11H22N2O3. The van der Waals surface area contributed by atoms with Crippen LogP contribution >= 0.6 is 0 Å². The average molecular weight is 230 g/mol. The zero-order valence-electron chi connectivity index (χ0n) is 10.2. The first kappa shape index (κ1) is 14.9. The summed E-state index contributed by atoms with van der Waals surface area (Å²) < 4.78 is 0. The second-order valence-electron chi connectivity index (χ2n) is 4.51. The smallest absolute Gasteiger partial charge is 0.326 e. The molecule has 94 valence electrons. The summed E-state index contributed by atoms with van der Waals surface area (Å²) in [7, 11) is 0. The molecule has 16 heavy (non-hydrogen) atoms. The third-order valence-electron chi connectivity index (χ3n) is 2.52. The summed E-state index contributed by atoms with van der Waals surface area (Å²) in [5.41, 5.74) is 5.43. The van der Waals surface area contributed by atoms with Crippen molar-refractivity contribution >= 4 is 11.9 Å². The molecule has 0 rings (SSSR count). The number of hydrogen-bond donors (Lipinski definition) is 3. The van der Waals surface area contributed by atoms with Crippen molar-refractivity contribution in [3.63, 3.8) is 0 Å². The molecule has 1 unspecified atom stereocenters. The summed E-state index contributed by atoms with van der Waals surface area (Å²) in [6.07, 6.45) is 1.02. The van der Waals surface area contributed by atoms with Crippen molar-refractivity contribution in [3.8, 4) is 0 Å². The predicted molar refractivity (Wildman–Crippen MR) is 61.9 cm³/mol. The van der Waals surface area contributed by atoms with E-state index in [1.54, 1.807) is 13.8 Å². The van der Waals surface area contributed by atoms with Crippen LogP contribution in [0, 0.1) is 11.8 Å². The van der Waals surface area contributed by atoms with Gasteiger partial charge in [0, 0.05) is 6.42 Å². The summed E-state index contributed by atoms with van der Waals surface area (Å²) in [5.74, 6) is -1.04. The van der Waals surface area contributed by atoms with E-state index in [4.69, 9.17) is 10.8 Å². The molecule has 0 bridgehead atoms. The number of nitrogens with two attached hydrogens (primary N) is 1. The maximum absolute atomic E-state index is 11.5. The van der Waals surface area contributed by atoms with Gasteiger partial charge in [0.15, 0.2) is 0 Å². The Morgan fingerprint density at radius 2 is 1.88 bits per heavy atom. The van der Waals surface area contributed by atoms with Crippen molar-refractivity contribution in [3.05, 3.63) is 0 Å². The van der Waals surface area contributed by atoms with Crippen LogP contribution in [0.1, 0.15) is 33.6 Å². The van der Waals surface area contributed by atoms with Gasteiger partial charge in [0.1, 0.15) is 6.04 Å². The molecule has 0 spiro atoms. The molecule has 5 nitrogen and oxygen atoms in total. The second-order valence-corrected chi connectivity index (χ2v) is 4.51. The highest BCUT2D eigenvalue weighted by Crippen LogP contribution is 2.06. The van der Waals surface area contributed by atoms with E-state index in [1.165, 1.54) is 0 Å². The summed E-state index contributed by atoms with van der Waals surface area (Å²) in [6, 6.07) is -0.805. The summed E-state index contributed by atoms with van der Waals surface area (Å²) in [5, 5.41) is 11.4. The van der Waals surface area contributed by atoms with Gasteiger partial charge in [-0.05, 0) is 24.8 Å². The van der Waals surface area contributed by atoms with Gasteiger partial charge >= 0.3 is 5.97 Å². The maximum atomic E-state index is 11.5. The van der Waals surface area contributed by atoms with Crippen molar-refractivity contribution in [2.75, 3.05) is 6.54 Å². The quantitative estimate of drug-likeness (QED) is 0.596. The van der Waals surface area contributed by atoms with Gasteiger partial charge in [0.2, 0.25) is 5.91 Å². The van der Waals surface area contributed by atoms with Crippen LogP contribution < -0.4 is 11.1 Å². The molecule has 0 heterocycles. The van der Waals surface area contributed by atoms with Crippen molar-refractivity contribution in [1.82, 2.24) is 5.32 Å². The Labute approximate surface area is 96.4 Å². The Morgan fingerprint density at radius 3 is 2.25 bits per heavy atom. The lowest BCUT2D eigenvalue weighted by Gasteiger charge is -2.18. The molecule has 0 radical (unpaired) electrons. The molecule has 0 aliphatic carbocycles. The first-order valence-corrected chi connectivity index (χ1v) is 5.60. The van der Waals surface area contributed by atoms with Crippen LogP contribution in [-0.4, -0.2) is 29.6 Å². The number of nitrogens with one attached hydrogen (secondary N) is 1. The number of hydrogen-bond acceptors (Lipinski definition) is 3. The molecule has 4 N–H and O–H groups in total. The highest BCUT2D eigenvalue weighted by atomic mass is 16.4. The van der Waals surface area contributed by atoms with Gasteiger partial charge in [-0.2, -0.15) is 0 Å². The van der Waals surface area contributed by atoms with E-state index in [-0.39, 0.29) is 17.7 Å². The van der Waals surface area contributed by atoms with E-state index in [9.17, 15) is 9.59 Å². The fraction of sp³-hybridized carbons (Fsp3) is 0.818. The molecular weight excluding hydrogens is 208 g/mol. The van der Waals surface area contributed by atoms with Gasteiger partial charge in [-0.15, -0.1) is 0 Å². The van der Waals surface area contributed by atoms with Crippen molar-refractivity contribution in [1.29, 1.82) is 0 Å². The molecule has 0 aromatic heterocycles. The lowest BCUT2D eigenvalue weighted by Crippen LogP contribution is -2.44. The lowest BCUT2D eigenvalue weighted by molar-refractivity contribution is -0.143. The van der Waals surface area contributed by atoms with Crippen LogP contribution in [0.3, 0.4) is 0 Å². The largest absolute Gasteiger partial charge is 0.480 e. The molecule has 0 saturated heterocycles. The van der Waals surface area contributed by atoms with Gasteiger partial charge < -0.3 is 16.2 Å². The lowest BCUT2D eigenvalue weighted by atomic mass is 10.0. The molecule has 0 aromatic rings. The molecule has 0 aliphatic heterocycles. The van der Waals surface area contributed by atoms with Gasteiger partial charge in [-0.1, -0.05) is 20.8 Å². The molecule has 5 heteroatoms. The molecule has 0 saturated carbocycles. The number of carboxylic acids is 1. The molecule has 0 aromatic carbocycles. The van der Waals surface area contributed by atoms with Crippen LogP contribution in [0.2, 0.25) is 0 Å². The SMILES string of the molecule is CC(CN)CCC(=O)N[C@@H](C(=O)O)C(C)C. The van der Waals surface area contributed by atoms with Gasteiger partial charge in [0.25, 0.3) is 0 Å². The highest BCUT2D eigenvalue weighted by molar-refractivity contribution is 5.83. The first-order chi connectivity index (χ1) is 7.38. The van der Waals surface area contributed by atoms with Crippen LogP contribution in [0.25, 0.3) is 0 Å². The average Bonchev–Trinajstić information content (AvgIpc) is 2.21. The first-order valence-electron chi connectivity index (χ1n) is 5.60. The molecule has 0 aliphatic rings. The number of carboxylic acid groups (broad SMARTS) is 1. The van der Waals surface area contributed by atoms with Crippen LogP contribution in [0.5, 0.6) is 0 Å². The number of rotatable bonds is 7. The van der Waals surface area contributed by atoms with E-state index in [0.717, 1.165) is 0 Å². The van der Waals surface area contributed by atoms with Crippen LogP contribution in [0.4, 0.5) is 0 Å². The van der Waals surface area contributed by atoms with E-state index in [1.807, 2.05) is 6.92 Å². The number of carbonyl (C=O) groups excluding carboxylic acids is 1. The van der Waals surface area contributed by atoms with Crippen molar-refractivity contribution in [2.24, 2.45) is 17.6 Å². The van der Waals surface area contributed by atoms with Crippen molar-refractivity contribution in [2.45, 2.75) is 39.7 Å². The fourth-order valence-corrected chi connectivity index (χ4v) is 1.25. The summed E-state index contributed by atoms with van der Waals surface area (Å²) >= 11 is 0. The Kier molecular flexibility index (Phi) is 6.72. The Hall–Kier alpha value is -1.10. The Bertz CT molecular complexity index is 241. The molecule has 0 fully saturated rings. The normalized spacial score (nSPS) is 14.6. The van der Waals surface area contributed by atoms with E-state index in [2.05, 4.69) is 5.32 Å². The Morgan fingerprint density at radius 1 is 1.31 bits per heavy atom. The zero-order chi connectivity index (χ0) is 12.7. The zero-order valence-corrected chi connectivity index (χ0v) is 10.2. The van der Waals surface area contributed by atoms with E-state index in [0.29, 0.717) is 19.4 Å².